The maximum absolute atomic E-state index is 13.5. The SMILES string of the molecule is COc1cc(NC(=O)CSc2ccc(NC(=O)/C(=C/c3cccc(OC)c3OC)NC(=O)c3ccccc3)cc2)cc(OC)c1. The quantitative estimate of drug-likeness (QED) is 0.124. The Balaban J connectivity index is 1.45. The molecule has 45 heavy (non-hydrogen) atoms. The molecule has 0 aliphatic heterocycles. The summed E-state index contributed by atoms with van der Waals surface area (Å²) in [5.74, 6) is 0.982. The van der Waals surface area contributed by atoms with Gasteiger partial charge in [-0.15, -0.1) is 11.8 Å². The lowest BCUT2D eigenvalue weighted by Gasteiger charge is -2.14. The van der Waals surface area contributed by atoms with Crippen molar-refractivity contribution >= 4 is 46.9 Å². The molecule has 10 nitrogen and oxygen atoms in total. The fourth-order valence-electron chi connectivity index (χ4n) is 4.18. The molecule has 3 amide bonds. The Labute approximate surface area is 265 Å². The average Bonchev–Trinajstić information content (AvgIpc) is 3.07. The first-order valence-corrected chi connectivity index (χ1v) is 14.7. The molecule has 0 aliphatic rings. The van der Waals surface area contributed by atoms with Gasteiger partial charge >= 0.3 is 0 Å². The number of amides is 3. The normalized spacial score (nSPS) is 10.8. The Morgan fingerprint density at radius 2 is 1.40 bits per heavy atom. The number of para-hydroxylation sites is 1. The van der Waals surface area contributed by atoms with Crippen LogP contribution in [0.5, 0.6) is 23.0 Å². The summed E-state index contributed by atoms with van der Waals surface area (Å²) in [5.41, 5.74) is 1.98. The van der Waals surface area contributed by atoms with Crippen LogP contribution in [0.4, 0.5) is 11.4 Å². The number of benzene rings is 4. The predicted octanol–water partition coefficient (Wildman–Crippen LogP) is 5.86. The molecule has 0 aromatic heterocycles. The first-order valence-electron chi connectivity index (χ1n) is 13.7. The van der Waals surface area contributed by atoms with Crippen LogP contribution < -0.4 is 34.9 Å². The Bertz CT molecular complexity index is 1650. The maximum Gasteiger partial charge on any atom is 0.272 e. The Morgan fingerprint density at radius 1 is 0.711 bits per heavy atom. The first kappa shape index (κ1) is 32.5. The van der Waals surface area contributed by atoms with E-state index < -0.39 is 11.8 Å². The molecule has 0 atom stereocenters. The third-order valence-corrected chi connectivity index (χ3v) is 7.39. The van der Waals surface area contributed by atoms with Gasteiger partial charge in [0.25, 0.3) is 11.8 Å². The van der Waals surface area contributed by atoms with Crippen LogP contribution in [0.2, 0.25) is 0 Å². The van der Waals surface area contributed by atoms with E-state index in [0.717, 1.165) is 4.90 Å². The molecular formula is C34H33N3O7S. The van der Waals surface area contributed by atoms with Crippen LogP contribution >= 0.6 is 11.8 Å². The average molecular weight is 628 g/mol. The zero-order valence-electron chi connectivity index (χ0n) is 25.2. The van der Waals surface area contributed by atoms with E-state index in [1.807, 2.05) is 0 Å². The number of nitrogens with one attached hydrogen (secondary N) is 3. The molecule has 0 aliphatic carbocycles. The lowest BCUT2D eigenvalue weighted by atomic mass is 10.1. The topological polar surface area (TPSA) is 124 Å². The summed E-state index contributed by atoms with van der Waals surface area (Å²) in [4.78, 5) is 39.8. The fourth-order valence-corrected chi connectivity index (χ4v) is 4.88. The molecule has 3 N–H and O–H groups in total. The van der Waals surface area contributed by atoms with E-state index in [4.69, 9.17) is 18.9 Å². The van der Waals surface area contributed by atoms with Gasteiger partial charge in [-0.25, -0.2) is 0 Å². The highest BCUT2D eigenvalue weighted by molar-refractivity contribution is 8.00. The molecular weight excluding hydrogens is 594 g/mol. The van der Waals surface area contributed by atoms with Crippen molar-refractivity contribution < 1.29 is 33.3 Å². The molecule has 11 heteroatoms. The summed E-state index contributed by atoms with van der Waals surface area (Å²) in [7, 11) is 6.09. The van der Waals surface area contributed by atoms with Gasteiger partial charge in [0.15, 0.2) is 11.5 Å². The van der Waals surface area contributed by atoms with Crippen molar-refractivity contribution in [1.29, 1.82) is 0 Å². The lowest BCUT2D eigenvalue weighted by Crippen LogP contribution is -2.30. The predicted molar refractivity (Wildman–Crippen MR) is 175 cm³/mol. The van der Waals surface area contributed by atoms with Gasteiger partial charge < -0.3 is 34.9 Å². The van der Waals surface area contributed by atoms with Crippen molar-refractivity contribution in [1.82, 2.24) is 5.32 Å². The third-order valence-electron chi connectivity index (χ3n) is 6.38. The zero-order valence-corrected chi connectivity index (χ0v) is 26.0. The van der Waals surface area contributed by atoms with Crippen molar-refractivity contribution in [3.63, 3.8) is 0 Å². The number of rotatable bonds is 13. The van der Waals surface area contributed by atoms with E-state index in [1.54, 1.807) is 91.0 Å². The molecule has 0 spiro atoms. The zero-order chi connectivity index (χ0) is 32.2. The second-order valence-electron chi connectivity index (χ2n) is 9.38. The molecule has 0 unspecified atom stereocenters. The van der Waals surface area contributed by atoms with Crippen LogP contribution in [0.1, 0.15) is 15.9 Å². The highest BCUT2D eigenvalue weighted by Crippen LogP contribution is 2.32. The van der Waals surface area contributed by atoms with Gasteiger partial charge in [-0.05, 0) is 48.5 Å². The standard InChI is InChI=1S/C34H33N3O7S/c1-41-26-18-25(19-27(20-26)42-2)35-31(38)21-45-28-15-13-24(14-16-28)36-34(40)29(37-33(39)22-9-6-5-7-10-22)17-23-11-8-12-30(43-3)32(23)44-4/h5-20H,21H2,1-4H3,(H,35,38)(H,36,40)(H,37,39)/b29-17-. The van der Waals surface area contributed by atoms with Crippen molar-refractivity contribution in [2.75, 3.05) is 44.8 Å². The summed E-state index contributed by atoms with van der Waals surface area (Å²) in [5, 5.41) is 8.38. The maximum atomic E-state index is 13.5. The van der Waals surface area contributed by atoms with Crippen molar-refractivity contribution in [2.24, 2.45) is 0 Å². The van der Waals surface area contributed by atoms with Crippen LogP contribution in [0.15, 0.2) is 102 Å². The minimum Gasteiger partial charge on any atom is -0.497 e. The fraction of sp³-hybridized carbons (Fsp3) is 0.147. The minimum absolute atomic E-state index is 0.000276. The van der Waals surface area contributed by atoms with E-state index in [9.17, 15) is 14.4 Å². The summed E-state index contributed by atoms with van der Waals surface area (Å²) >= 11 is 1.34. The largest absolute Gasteiger partial charge is 0.497 e. The summed E-state index contributed by atoms with van der Waals surface area (Å²) < 4.78 is 21.4. The molecule has 4 rings (SSSR count). The molecule has 0 saturated heterocycles. The van der Waals surface area contributed by atoms with Gasteiger partial charge in [0.05, 0.1) is 34.2 Å². The Hall–Kier alpha value is -5.42. The number of methoxy groups -OCH3 is 4. The second-order valence-corrected chi connectivity index (χ2v) is 10.4. The summed E-state index contributed by atoms with van der Waals surface area (Å²) in [6.45, 7) is 0. The van der Waals surface area contributed by atoms with Gasteiger partial charge in [-0.1, -0.05) is 30.3 Å². The monoisotopic (exact) mass is 627 g/mol. The van der Waals surface area contributed by atoms with E-state index in [2.05, 4.69) is 16.0 Å². The smallest absolute Gasteiger partial charge is 0.272 e. The van der Waals surface area contributed by atoms with Crippen LogP contribution in [0, 0.1) is 0 Å². The number of hydrogen-bond acceptors (Lipinski definition) is 8. The minimum atomic E-state index is -0.544. The van der Waals surface area contributed by atoms with Gasteiger partial charge in [0, 0.05) is 45.6 Å². The molecule has 0 bridgehead atoms. The van der Waals surface area contributed by atoms with Crippen molar-refractivity contribution in [3.05, 3.63) is 108 Å². The molecule has 0 heterocycles. The number of hydrogen-bond donors (Lipinski definition) is 3. The molecule has 232 valence electrons. The highest BCUT2D eigenvalue weighted by atomic mass is 32.2. The molecule has 0 radical (unpaired) electrons. The van der Waals surface area contributed by atoms with Crippen molar-refractivity contribution in [3.8, 4) is 23.0 Å². The highest BCUT2D eigenvalue weighted by Gasteiger charge is 2.17. The number of ether oxygens (including phenoxy) is 4. The second kappa shape index (κ2) is 15.9. The Kier molecular flexibility index (Phi) is 11.5. The molecule has 0 saturated carbocycles. The van der Waals surface area contributed by atoms with Crippen LogP contribution in [-0.4, -0.2) is 51.9 Å². The van der Waals surface area contributed by atoms with E-state index in [1.165, 1.54) is 46.3 Å². The van der Waals surface area contributed by atoms with Gasteiger partial charge in [0.2, 0.25) is 5.91 Å². The van der Waals surface area contributed by atoms with Crippen LogP contribution in [0.25, 0.3) is 6.08 Å². The summed E-state index contributed by atoms with van der Waals surface area (Å²) in [6.07, 6.45) is 1.53. The molecule has 4 aromatic carbocycles. The van der Waals surface area contributed by atoms with Crippen LogP contribution in [0.3, 0.4) is 0 Å². The third kappa shape index (κ3) is 9.04. The molecule has 0 fully saturated rings. The number of anilines is 2. The molecule has 4 aromatic rings. The van der Waals surface area contributed by atoms with E-state index in [0.29, 0.717) is 45.5 Å². The van der Waals surface area contributed by atoms with Gasteiger partial charge in [0.1, 0.15) is 17.2 Å². The van der Waals surface area contributed by atoms with E-state index in [-0.39, 0.29) is 17.4 Å². The van der Waals surface area contributed by atoms with Gasteiger partial charge in [-0.2, -0.15) is 0 Å². The number of thioether (sulfide) groups is 1. The number of carbonyl (C=O) groups is 3. The lowest BCUT2D eigenvalue weighted by molar-refractivity contribution is -0.114. The Morgan fingerprint density at radius 3 is 2.02 bits per heavy atom. The first-order chi connectivity index (χ1) is 21.8. The van der Waals surface area contributed by atoms with Crippen LogP contribution in [-0.2, 0) is 9.59 Å². The summed E-state index contributed by atoms with van der Waals surface area (Å²) in [6, 6.07) is 26.0. The van der Waals surface area contributed by atoms with E-state index >= 15 is 0 Å². The van der Waals surface area contributed by atoms with Crippen molar-refractivity contribution in [2.45, 2.75) is 4.90 Å². The van der Waals surface area contributed by atoms with Gasteiger partial charge in [-0.3, -0.25) is 14.4 Å². The number of carbonyl (C=O) groups excluding carboxylic acids is 3.